The molecule has 142 valence electrons. The first kappa shape index (κ1) is 18.7. The van der Waals surface area contributed by atoms with Crippen molar-refractivity contribution < 1.29 is 19.1 Å². The van der Waals surface area contributed by atoms with Crippen LogP contribution in [-0.4, -0.2) is 59.7 Å². The molecule has 0 aliphatic carbocycles. The number of amides is 1. The van der Waals surface area contributed by atoms with Crippen LogP contribution in [0.15, 0.2) is 30.3 Å². The predicted molar refractivity (Wildman–Crippen MR) is 97.5 cm³/mol. The Balaban J connectivity index is 1.83. The lowest BCUT2D eigenvalue weighted by atomic mass is 9.88. The van der Waals surface area contributed by atoms with Gasteiger partial charge in [0.15, 0.2) is 5.54 Å². The summed E-state index contributed by atoms with van der Waals surface area (Å²) in [6, 6.07) is 10.2. The molecule has 6 nitrogen and oxygen atoms in total. The zero-order chi connectivity index (χ0) is 18.9. The van der Waals surface area contributed by atoms with E-state index in [1.807, 2.05) is 39.0 Å². The number of carbonyl (C=O) groups is 2. The fourth-order valence-corrected chi connectivity index (χ4v) is 4.17. The molecule has 0 spiro atoms. The average molecular weight is 360 g/mol. The van der Waals surface area contributed by atoms with Crippen LogP contribution in [0.2, 0.25) is 0 Å². The van der Waals surface area contributed by atoms with E-state index in [0.29, 0.717) is 13.1 Å². The fourth-order valence-electron chi connectivity index (χ4n) is 4.17. The quantitative estimate of drug-likeness (QED) is 0.776. The molecule has 2 aliphatic heterocycles. The van der Waals surface area contributed by atoms with Crippen LogP contribution in [0.4, 0.5) is 4.79 Å². The van der Waals surface area contributed by atoms with Crippen molar-refractivity contribution in [2.75, 3.05) is 26.7 Å². The summed E-state index contributed by atoms with van der Waals surface area (Å²) < 4.78 is 10.7. The van der Waals surface area contributed by atoms with Gasteiger partial charge in [0.1, 0.15) is 5.60 Å². The standard InChI is InChI=1S/C20H28N2O4/c1-19(2,3)26-18(24)22-11-10-16-13-21(12-15-8-6-5-7-9-15)14-20(16,22)17(23)25-4/h5-9,16H,10-14H2,1-4H3/t16-,20-/m0/s1. The number of hydrogen-bond acceptors (Lipinski definition) is 5. The largest absolute Gasteiger partial charge is 0.467 e. The smallest absolute Gasteiger partial charge is 0.411 e. The Kier molecular flexibility index (Phi) is 4.97. The van der Waals surface area contributed by atoms with E-state index < -0.39 is 17.2 Å². The van der Waals surface area contributed by atoms with Gasteiger partial charge in [0, 0.05) is 32.1 Å². The summed E-state index contributed by atoms with van der Waals surface area (Å²) in [5.41, 5.74) is -0.364. The van der Waals surface area contributed by atoms with Gasteiger partial charge in [0.2, 0.25) is 0 Å². The Morgan fingerprint density at radius 1 is 1.23 bits per heavy atom. The summed E-state index contributed by atoms with van der Waals surface area (Å²) in [4.78, 5) is 29.4. The highest BCUT2D eigenvalue weighted by Crippen LogP contribution is 2.43. The van der Waals surface area contributed by atoms with Gasteiger partial charge in [0.05, 0.1) is 7.11 Å². The number of benzene rings is 1. The molecule has 2 fully saturated rings. The van der Waals surface area contributed by atoms with E-state index in [4.69, 9.17) is 9.47 Å². The first-order chi connectivity index (χ1) is 12.3. The minimum absolute atomic E-state index is 0.0613. The number of carbonyl (C=O) groups excluding carboxylic acids is 2. The molecule has 1 amide bonds. The van der Waals surface area contributed by atoms with Crippen LogP contribution in [0.3, 0.4) is 0 Å². The van der Waals surface area contributed by atoms with Gasteiger partial charge in [-0.3, -0.25) is 9.80 Å². The van der Waals surface area contributed by atoms with Gasteiger partial charge in [-0.2, -0.15) is 0 Å². The molecule has 0 N–H and O–H groups in total. The molecule has 2 atom stereocenters. The Hall–Kier alpha value is -2.08. The van der Waals surface area contributed by atoms with Crippen molar-refractivity contribution in [1.29, 1.82) is 0 Å². The van der Waals surface area contributed by atoms with Crippen molar-refractivity contribution in [2.45, 2.75) is 44.9 Å². The predicted octanol–water partition coefficient (Wildman–Crippen LogP) is 2.67. The Bertz CT molecular complexity index is 670. The maximum Gasteiger partial charge on any atom is 0.411 e. The Labute approximate surface area is 155 Å². The number of likely N-dealkylation sites (tertiary alicyclic amines) is 2. The molecule has 6 heteroatoms. The lowest BCUT2D eigenvalue weighted by Crippen LogP contribution is -2.59. The maximum absolute atomic E-state index is 12.8. The van der Waals surface area contributed by atoms with Crippen LogP contribution in [0.1, 0.15) is 32.8 Å². The van der Waals surface area contributed by atoms with Crippen molar-refractivity contribution >= 4 is 12.1 Å². The average Bonchev–Trinajstić information content (AvgIpc) is 3.09. The van der Waals surface area contributed by atoms with E-state index in [1.54, 1.807) is 4.90 Å². The van der Waals surface area contributed by atoms with Gasteiger partial charge in [0.25, 0.3) is 0 Å². The lowest BCUT2D eigenvalue weighted by Gasteiger charge is -2.36. The second kappa shape index (κ2) is 6.91. The molecule has 0 unspecified atom stereocenters. The van der Waals surface area contributed by atoms with Crippen LogP contribution in [0.5, 0.6) is 0 Å². The molecule has 0 saturated carbocycles. The number of hydrogen-bond donors (Lipinski definition) is 0. The van der Waals surface area contributed by atoms with Crippen molar-refractivity contribution in [2.24, 2.45) is 5.92 Å². The zero-order valence-corrected chi connectivity index (χ0v) is 16.0. The summed E-state index contributed by atoms with van der Waals surface area (Å²) in [5, 5.41) is 0. The van der Waals surface area contributed by atoms with Crippen molar-refractivity contribution in [3.63, 3.8) is 0 Å². The molecule has 0 aromatic heterocycles. The van der Waals surface area contributed by atoms with Crippen molar-refractivity contribution in [1.82, 2.24) is 9.80 Å². The summed E-state index contributed by atoms with van der Waals surface area (Å²) in [7, 11) is 1.39. The third-order valence-electron chi connectivity index (χ3n) is 5.20. The SMILES string of the molecule is COC(=O)[C@]12CN(Cc3ccccc3)C[C@@H]1CCN2C(=O)OC(C)(C)C. The van der Waals surface area contributed by atoms with Crippen molar-refractivity contribution in [3.05, 3.63) is 35.9 Å². The fraction of sp³-hybridized carbons (Fsp3) is 0.600. The first-order valence-electron chi connectivity index (χ1n) is 9.11. The molecule has 3 rings (SSSR count). The van der Waals surface area contributed by atoms with Crippen molar-refractivity contribution in [3.8, 4) is 0 Å². The third-order valence-corrected chi connectivity index (χ3v) is 5.20. The number of nitrogens with zero attached hydrogens (tertiary/aromatic N) is 2. The molecule has 2 heterocycles. The van der Waals surface area contributed by atoms with E-state index in [0.717, 1.165) is 19.5 Å². The molecule has 26 heavy (non-hydrogen) atoms. The van der Waals surface area contributed by atoms with E-state index in [1.165, 1.54) is 12.7 Å². The first-order valence-corrected chi connectivity index (χ1v) is 9.11. The van der Waals surface area contributed by atoms with Gasteiger partial charge in [-0.15, -0.1) is 0 Å². The van der Waals surface area contributed by atoms with E-state index in [-0.39, 0.29) is 11.9 Å². The highest BCUT2D eigenvalue weighted by Gasteiger charge is 2.62. The maximum atomic E-state index is 12.8. The van der Waals surface area contributed by atoms with Crippen LogP contribution in [-0.2, 0) is 20.8 Å². The molecule has 2 aliphatic rings. The lowest BCUT2D eigenvalue weighted by molar-refractivity contribution is -0.154. The normalized spacial score (nSPS) is 25.8. The molecular weight excluding hydrogens is 332 g/mol. The summed E-state index contributed by atoms with van der Waals surface area (Å²) in [6.07, 6.45) is 0.339. The van der Waals surface area contributed by atoms with Gasteiger partial charge >= 0.3 is 12.1 Å². The second-order valence-electron chi connectivity index (χ2n) is 8.19. The van der Waals surface area contributed by atoms with E-state index in [9.17, 15) is 9.59 Å². The third kappa shape index (κ3) is 3.43. The molecular formula is C20H28N2O4. The van der Waals surface area contributed by atoms with Gasteiger partial charge < -0.3 is 9.47 Å². The van der Waals surface area contributed by atoms with Crippen LogP contribution >= 0.6 is 0 Å². The number of ether oxygens (including phenoxy) is 2. The number of methoxy groups -OCH3 is 1. The summed E-state index contributed by atoms with van der Waals surface area (Å²) >= 11 is 0. The van der Waals surface area contributed by atoms with Crippen LogP contribution in [0.25, 0.3) is 0 Å². The van der Waals surface area contributed by atoms with Crippen LogP contribution < -0.4 is 0 Å². The highest BCUT2D eigenvalue weighted by atomic mass is 16.6. The van der Waals surface area contributed by atoms with Gasteiger partial charge in [-0.05, 0) is 32.8 Å². The molecule has 1 aromatic rings. The Morgan fingerprint density at radius 3 is 2.54 bits per heavy atom. The van der Waals surface area contributed by atoms with Gasteiger partial charge in [-0.1, -0.05) is 30.3 Å². The van der Waals surface area contributed by atoms with E-state index in [2.05, 4.69) is 17.0 Å². The minimum Gasteiger partial charge on any atom is -0.467 e. The Morgan fingerprint density at radius 2 is 1.92 bits per heavy atom. The minimum atomic E-state index is -0.953. The summed E-state index contributed by atoms with van der Waals surface area (Å²) in [6.45, 7) is 8.01. The molecule has 2 saturated heterocycles. The van der Waals surface area contributed by atoms with Crippen LogP contribution in [0, 0.1) is 5.92 Å². The second-order valence-corrected chi connectivity index (χ2v) is 8.19. The monoisotopic (exact) mass is 360 g/mol. The number of esters is 1. The van der Waals surface area contributed by atoms with E-state index >= 15 is 0 Å². The molecule has 0 bridgehead atoms. The number of rotatable bonds is 3. The zero-order valence-electron chi connectivity index (χ0n) is 16.0. The highest BCUT2D eigenvalue weighted by molar-refractivity contribution is 5.88. The summed E-state index contributed by atoms with van der Waals surface area (Å²) in [5.74, 6) is -0.285. The molecule has 0 radical (unpaired) electrons. The molecule has 1 aromatic carbocycles. The topological polar surface area (TPSA) is 59.1 Å². The van der Waals surface area contributed by atoms with Gasteiger partial charge in [-0.25, -0.2) is 9.59 Å². The number of fused-ring (bicyclic) bond motifs is 1.